The fourth-order valence-corrected chi connectivity index (χ4v) is 4.97. The first-order chi connectivity index (χ1) is 7.69. The molecule has 0 bridgehead atoms. The first-order valence-corrected chi connectivity index (χ1v) is 8.77. The Hall–Kier alpha value is 0.795. The van der Waals surface area contributed by atoms with Gasteiger partial charge in [0, 0.05) is 4.43 Å². The van der Waals surface area contributed by atoms with Crippen molar-refractivity contribution in [2.45, 2.75) is 66.5 Å². The van der Waals surface area contributed by atoms with Gasteiger partial charge in [-0.25, -0.2) is 0 Å². The molecule has 0 nitrogen and oxygen atoms in total. The number of hydrogen-bond acceptors (Lipinski definition) is 0. The third-order valence-electron chi connectivity index (χ3n) is 5.37. The Bertz CT molecular complexity index is 247. The maximum atomic E-state index is 2.61. The summed E-state index contributed by atoms with van der Waals surface area (Å²) in [5.74, 6) is 2.64. The van der Waals surface area contributed by atoms with E-state index in [1.165, 1.54) is 30.9 Å². The average Bonchev–Trinajstić information content (AvgIpc) is 2.22. The molecule has 0 aliphatic carbocycles. The highest BCUT2D eigenvalue weighted by Gasteiger charge is 2.38. The van der Waals surface area contributed by atoms with Crippen LogP contribution in [0.1, 0.15) is 54.4 Å². The van der Waals surface area contributed by atoms with Crippen LogP contribution < -0.4 is 0 Å². The summed E-state index contributed by atoms with van der Waals surface area (Å²) in [5.41, 5.74) is 1.03. The molecule has 1 heterocycles. The molecule has 2 heteroatoms. The van der Waals surface area contributed by atoms with Crippen molar-refractivity contribution in [2.75, 3.05) is 4.43 Å². The highest BCUT2D eigenvalue weighted by atomic mass is 127. The van der Waals surface area contributed by atoms with Gasteiger partial charge >= 0.3 is 0 Å². The Morgan fingerprint density at radius 2 is 1.65 bits per heavy atom. The Kier molecular flexibility index (Phi) is 5.44. The molecule has 0 aromatic carbocycles. The zero-order chi connectivity index (χ0) is 13.3. The molecule has 0 radical (unpaired) electrons. The maximum absolute atomic E-state index is 2.61. The van der Waals surface area contributed by atoms with Gasteiger partial charge in [0.2, 0.25) is 0 Å². The minimum atomic E-state index is 0.511. The van der Waals surface area contributed by atoms with E-state index in [2.05, 4.69) is 64.1 Å². The quantitative estimate of drug-likeness (QED) is 0.348. The number of alkyl halides is 1. The van der Waals surface area contributed by atoms with E-state index in [4.69, 9.17) is 0 Å². The van der Waals surface area contributed by atoms with Crippen LogP contribution in [0.15, 0.2) is 0 Å². The second kappa shape index (κ2) is 5.84. The molecule has 17 heavy (non-hydrogen) atoms. The standard InChI is InChI=1S/C15H30BI/c1-11-7-15(5,6)13(10-17)8-14(3,4)12(2)16-9-11/h11-13,16H,7-10H2,1-6H3/t11?,12?,13-/m0/s1. The van der Waals surface area contributed by atoms with Gasteiger partial charge < -0.3 is 0 Å². The molecule has 0 aromatic rings. The van der Waals surface area contributed by atoms with Crippen molar-refractivity contribution < 1.29 is 0 Å². The van der Waals surface area contributed by atoms with Gasteiger partial charge in [0.15, 0.2) is 0 Å². The van der Waals surface area contributed by atoms with Crippen LogP contribution >= 0.6 is 22.6 Å². The second-order valence-corrected chi connectivity index (χ2v) is 8.70. The lowest BCUT2D eigenvalue weighted by molar-refractivity contribution is 0.136. The fraction of sp³-hybridized carbons (Fsp3) is 1.00. The monoisotopic (exact) mass is 348 g/mol. The lowest BCUT2D eigenvalue weighted by Crippen LogP contribution is -2.32. The summed E-state index contributed by atoms with van der Waals surface area (Å²) in [6.45, 7) is 14.9. The van der Waals surface area contributed by atoms with E-state index in [1.807, 2.05) is 0 Å². The van der Waals surface area contributed by atoms with Crippen molar-refractivity contribution in [1.82, 2.24) is 0 Å². The molecular formula is C15H30BI. The van der Waals surface area contributed by atoms with Crippen LogP contribution in [0.5, 0.6) is 0 Å². The number of halogens is 1. The summed E-state index contributed by atoms with van der Waals surface area (Å²) in [6.07, 6.45) is 4.22. The molecule has 1 aliphatic heterocycles. The van der Waals surface area contributed by atoms with Crippen LogP contribution in [0, 0.1) is 22.7 Å². The molecule has 0 saturated carbocycles. The fourth-order valence-electron chi connectivity index (χ4n) is 3.47. The smallest absolute Gasteiger partial charge is 0.0861 e. The van der Waals surface area contributed by atoms with Gasteiger partial charge in [-0.3, -0.25) is 0 Å². The highest BCUT2D eigenvalue weighted by Crippen LogP contribution is 2.48. The van der Waals surface area contributed by atoms with E-state index in [0.717, 1.165) is 17.7 Å². The van der Waals surface area contributed by atoms with Crippen molar-refractivity contribution in [1.29, 1.82) is 0 Å². The lowest BCUT2D eigenvalue weighted by Gasteiger charge is -2.40. The molecule has 0 aromatic heterocycles. The maximum Gasteiger partial charge on any atom is 0.124 e. The topological polar surface area (TPSA) is 0 Å². The van der Waals surface area contributed by atoms with Crippen LogP contribution in [-0.4, -0.2) is 11.7 Å². The zero-order valence-corrected chi connectivity index (χ0v) is 14.8. The van der Waals surface area contributed by atoms with Crippen molar-refractivity contribution in [3.63, 3.8) is 0 Å². The van der Waals surface area contributed by atoms with Crippen molar-refractivity contribution in [3.8, 4) is 0 Å². The molecule has 3 atom stereocenters. The summed E-state index contributed by atoms with van der Waals surface area (Å²) >= 11 is 2.61. The first kappa shape index (κ1) is 15.9. The minimum absolute atomic E-state index is 0.511. The third-order valence-corrected chi connectivity index (χ3v) is 6.43. The molecule has 0 amide bonds. The Morgan fingerprint density at radius 1 is 1.06 bits per heavy atom. The van der Waals surface area contributed by atoms with E-state index in [-0.39, 0.29) is 0 Å². The number of hydrogen-bond donors (Lipinski definition) is 0. The van der Waals surface area contributed by atoms with Gasteiger partial charge in [0.05, 0.1) is 0 Å². The van der Waals surface area contributed by atoms with Crippen LogP contribution in [-0.2, 0) is 0 Å². The third kappa shape index (κ3) is 4.14. The van der Waals surface area contributed by atoms with E-state index in [9.17, 15) is 0 Å². The largest absolute Gasteiger partial charge is 0.124 e. The van der Waals surface area contributed by atoms with Crippen molar-refractivity contribution in [2.24, 2.45) is 22.7 Å². The Labute approximate surface area is 123 Å². The van der Waals surface area contributed by atoms with Gasteiger partial charge in [0.25, 0.3) is 0 Å². The van der Waals surface area contributed by atoms with Gasteiger partial charge in [-0.2, -0.15) is 0 Å². The predicted molar refractivity (Wildman–Crippen MR) is 89.7 cm³/mol. The van der Waals surface area contributed by atoms with Crippen LogP contribution in [0.3, 0.4) is 0 Å². The molecule has 0 N–H and O–H groups in total. The molecule has 1 rings (SSSR count). The van der Waals surface area contributed by atoms with Gasteiger partial charge in [-0.05, 0) is 29.6 Å². The van der Waals surface area contributed by atoms with Crippen molar-refractivity contribution >= 4 is 29.9 Å². The Morgan fingerprint density at radius 3 is 2.18 bits per heavy atom. The SMILES string of the molecule is CC1CBC(C)C(C)(C)C[C@@H](CI)C(C)(C)C1. The van der Waals surface area contributed by atoms with E-state index in [1.54, 1.807) is 0 Å². The first-order valence-electron chi connectivity index (χ1n) is 7.25. The summed E-state index contributed by atoms with van der Waals surface area (Å²) < 4.78 is 1.31. The van der Waals surface area contributed by atoms with Gasteiger partial charge in [-0.1, -0.05) is 82.2 Å². The van der Waals surface area contributed by atoms with Gasteiger partial charge in [-0.15, -0.1) is 0 Å². The van der Waals surface area contributed by atoms with E-state index in [0.29, 0.717) is 10.8 Å². The zero-order valence-electron chi connectivity index (χ0n) is 12.6. The number of rotatable bonds is 1. The van der Waals surface area contributed by atoms with Crippen molar-refractivity contribution in [3.05, 3.63) is 0 Å². The molecule has 1 aliphatic rings. The second-order valence-electron chi connectivity index (χ2n) is 7.82. The Balaban J connectivity index is 2.94. The molecule has 1 saturated heterocycles. The van der Waals surface area contributed by atoms with Crippen LogP contribution in [0.25, 0.3) is 0 Å². The molecule has 1 fully saturated rings. The normalized spacial score (nSPS) is 37.5. The lowest BCUT2D eigenvalue weighted by atomic mass is 9.51. The van der Waals surface area contributed by atoms with E-state index >= 15 is 0 Å². The predicted octanol–water partition coefficient (Wildman–Crippen LogP) is 5.18. The molecular weight excluding hydrogens is 318 g/mol. The summed E-state index contributed by atoms with van der Waals surface area (Å²) in [5, 5.41) is 0. The highest BCUT2D eigenvalue weighted by molar-refractivity contribution is 14.1. The molecule has 0 spiro atoms. The summed E-state index contributed by atoms with van der Waals surface area (Å²) in [6, 6.07) is 0. The molecule has 100 valence electrons. The molecule has 2 unspecified atom stereocenters. The minimum Gasteiger partial charge on any atom is -0.0861 e. The summed E-state index contributed by atoms with van der Waals surface area (Å²) in [4.78, 5) is 0. The van der Waals surface area contributed by atoms with Crippen LogP contribution in [0.2, 0.25) is 12.1 Å². The average molecular weight is 348 g/mol. The van der Waals surface area contributed by atoms with E-state index < -0.39 is 0 Å². The summed E-state index contributed by atoms with van der Waals surface area (Å²) in [7, 11) is 1.41. The van der Waals surface area contributed by atoms with Crippen LogP contribution in [0.4, 0.5) is 0 Å². The van der Waals surface area contributed by atoms with Gasteiger partial charge in [0.1, 0.15) is 7.28 Å².